The van der Waals surface area contributed by atoms with Crippen LogP contribution in [0.5, 0.6) is 0 Å². The van der Waals surface area contributed by atoms with Gasteiger partial charge in [0.2, 0.25) is 0 Å². The number of halogens is 2. The molecule has 0 nitrogen and oxygen atoms in total. The minimum Gasteiger partial charge on any atom is -1.00 e. The first-order chi connectivity index (χ1) is 0. The second-order valence-electron chi connectivity index (χ2n) is 0. The summed E-state index contributed by atoms with van der Waals surface area (Å²) in [6.45, 7) is 0. The van der Waals surface area contributed by atoms with Gasteiger partial charge < -0.3 is 39.7 Å². The minimum absolute atomic E-state index is 0. The summed E-state index contributed by atoms with van der Waals surface area (Å²) in [6, 6.07) is 0. The van der Waals surface area contributed by atoms with E-state index in [1.807, 2.05) is 0 Å². The normalized spacial score (nSPS) is 0. The van der Waals surface area contributed by atoms with Crippen LogP contribution in [0, 0.1) is 14.9 Å². The summed E-state index contributed by atoms with van der Waals surface area (Å²) >= 11 is 0. The van der Waals surface area contributed by atoms with Crippen LogP contribution in [0.3, 0.4) is 0 Å². The van der Waals surface area contributed by atoms with Crippen LogP contribution in [0.25, 0.3) is 0 Å². The van der Waals surface area contributed by atoms with Crippen LogP contribution in [-0.2, 0) is 52.4 Å². The summed E-state index contributed by atoms with van der Waals surface area (Å²) in [5, 5.41) is 0. The first-order valence-corrected chi connectivity index (χ1v) is 0. The Morgan fingerprint density at radius 2 is 0.500 bits per heavy atom. The molecule has 0 unspecified atom stereocenters. The van der Waals surface area contributed by atoms with Gasteiger partial charge in [-0.15, -0.1) is 0 Å². The van der Waals surface area contributed by atoms with Crippen molar-refractivity contribution >= 4 is 0 Å². The molecule has 0 aromatic carbocycles. The summed E-state index contributed by atoms with van der Waals surface area (Å²) in [5.41, 5.74) is 0. The molecule has 0 bridgehead atoms. The van der Waals surface area contributed by atoms with Gasteiger partial charge in [-0.1, -0.05) is 0 Å². The van der Waals surface area contributed by atoms with Crippen molar-refractivity contribution in [2.75, 3.05) is 0 Å². The molecule has 0 radical (unpaired) electrons. The van der Waals surface area contributed by atoms with Gasteiger partial charge in [-0.3, -0.25) is 0 Å². The van der Waals surface area contributed by atoms with Crippen LogP contribution in [0.2, 0.25) is 0 Å². The molecule has 0 aromatic rings. The summed E-state index contributed by atoms with van der Waals surface area (Å²) in [5.74, 6) is 0. The predicted molar refractivity (Wildman–Crippen MR) is 12.8 cm³/mol. The van der Waals surface area contributed by atoms with Gasteiger partial charge in [-0.2, -0.15) is 0 Å². The van der Waals surface area contributed by atoms with Gasteiger partial charge in [0.25, 0.3) is 0 Å². The topological polar surface area (TPSA) is 0 Å². The Balaban J connectivity index is 0. The van der Waals surface area contributed by atoms with Crippen molar-refractivity contribution in [3.63, 3.8) is 0 Å². The maximum atomic E-state index is 0. The van der Waals surface area contributed by atoms with E-state index in [2.05, 4.69) is 0 Å². The zero-order valence-electron chi connectivity index (χ0n) is 3.76. The Bertz CT molecular complexity index is 9.51. The molecule has 32 valence electrons. The molecule has 0 rings (SSSR count). The molecule has 0 spiro atoms. The molecule has 0 heterocycles. The van der Waals surface area contributed by atoms with Crippen LogP contribution < -0.4 is 24.8 Å². The van der Waals surface area contributed by atoms with Crippen molar-refractivity contribution in [2.24, 2.45) is 0 Å². The quantitative estimate of drug-likeness (QED) is 0.390. The fraction of sp³-hybridized carbons (Fsp3) is 0. The Kier molecular flexibility index (Phi) is 733. The van der Waals surface area contributed by atoms with E-state index in [1.165, 1.54) is 0 Å². The zero-order valence-corrected chi connectivity index (χ0v) is 10.2. The molecule has 0 aliphatic rings. The van der Waals surface area contributed by atoms with Gasteiger partial charge in [0, 0.05) is 0 Å². The molecule has 0 aromatic heterocycles. The fourth-order valence-electron chi connectivity index (χ4n) is 0. The van der Waals surface area contributed by atoms with Gasteiger partial charge in [-0.25, -0.2) is 0 Å². The molecular weight excluding hydrogens is 277 g/mol. The number of hydrogen-bond acceptors (Lipinski definition) is 0. The Morgan fingerprint density at radius 3 is 0.500 bits per heavy atom. The first-order valence-electron chi connectivity index (χ1n) is 0. The van der Waals surface area contributed by atoms with Gasteiger partial charge in [0.05, 0.1) is 0 Å². The average molecular weight is 283 g/mol. The first kappa shape index (κ1) is 81.8. The zero-order chi connectivity index (χ0) is 0. The van der Waals surface area contributed by atoms with Gasteiger partial charge >= 0.3 is 52.4 Å². The van der Waals surface area contributed by atoms with E-state index in [9.17, 15) is 0 Å². The maximum absolute atomic E-state index is 0. The van der Waals surface area contributed by atoms with Gasteiger partial charge in [0.15, 0.2) is 0 Å². The second-order valence-corrected chi connectivity index (χ2v) is 0. The standard InChI is InChI=1S/2CH3.2ClH.2Zr/h2*1H3;2*1H;;/q2*-1;;;2*+4/p-2. The van der Waals surface area contributed by atoms with E-state index in [-0.39, 0.29) is 92.1 Å². The van der Waals surface area contributed by atoms with Gasteiger partial charge in [-0.05, 0) is 0 Å². The van der Waals surface area contributed by atoms with Crippen molar-refractivity contribution in [3.8, 4) is 0 Å². The smallest absolute Gasteiger partial charge is 1.00 e. The van der Waals surface area contributed by atoms with E-state index in [0.717, 1.165) is 0 Å². The van der Waals surface area contributed by atoms with Crippen LogP contribution in [-0.4, -0.2) is 0 Å². The largest absolute Gasteiger partial charge is 4.00 e. The maximum Gasteiger partial charge on any atom is 4.00 e. The molecule has 4 heteroatoms. The van der Waals surface area contributed by atoms with E-state index in [4.69, 9.17) is 0 Å². The summed E-state index contributed by atoms with van der Waals surface area (Å²) in [7, 11) is 0. The summed E-state index contributed by atoms with van der Waals surface area (Å²) in [6.07, 6.45) is 0. The molecule has 0 atom stereocenters. The van der Waals surface area contributed by atoms with Crippen molar-refractivity contribution in [1.82, 2.24) is 0 Å². The molecule has 0 aliphatic carbocycles. The third kappa shape index (κ3) is 33.0. The molecule has 0 fully saturated rings. The van der Waals surface area contributed by atoms with Crippen LogP contribution in [0.15, 0.2) is 0 Å². The van der Waals surface area contributed by atoms with Gasteiger partial charge in [0.1, 0.15) is 0 Å². The summed E-state index contributed by atoms with van der Waals surface area (Å²) in [4.78, 5) is 0. The van der Waals surface area contributed by atoms with E-state index < -0.39 is 0 Å². The molecule has 0 aliphatic heterocycles. The Labute approximate surface area is 90.9 Å². The SMILES string of the molecule is [CH3-].[CH3-].[Cl-].[Cl-].[Zr+4].[Zr+4]. The molecular formula is C2H6Cl2Zr2+4. The third-order valence-electron chi connectivity index (χ3n) is 0. The van der Waals surface area contributed by atoms with E-state index in [1.54, 1.807) is 0 Å². The average Bonchev–Trinajstić information content (AvgIpc) is 0. The Hall–Kier alpha value is 2.35. The molecule has 0 saturated carbocycles. The predicted octanol–water partition coefficient (Wildman–Crippen LogP) is -5.10. The van der Waals surface area contributed by atoms with Crippen LogP contribution in [0.1, 0.15) is 0 Å². The van der Waals surface area contributed by atoms with Crippen LogP contribution >= 0.6 is 0 Å². The molecule has 0 amide bonds. The molecule has 0 N–H and O–H groups in total. The third-order valence-corrected chi connectivity index (χ3v) is 0. The van der Waals surface area contributed by atoms with Crippen molar-refractivity contribution in [2.45, 2.75) is 0 Å². The van der Waals surface area contributed by atoms with E-state index in [0.29, 0.717) is 0 Å². The summed E-state index contributed by atoms with van der Waals surface area (Å²) < 4.78 is 0. The number of hydrogen-bond donors (Lipinski definition) is 0. The van der Waals surface area contributed by atoms with Crippen molar-refractivity contribution in [3.05, 3.63) is 14.9 Å². The van der Waals surface area contributed by atoms with Crippen molar-refractivity contribution in [1.29, 1.82) is 0 Å². The molecule has 0 saturated heterocycles. The minimum atomic E-state index is 0. The number of rotatable bonds is 0. The van der Waals surface area contributed by atoms with Crippen molar-refractivity contribution < 1.29 is 77.2 Å². The Morgan fingerprint density at radius 1 is 0.500 bits per heavy atom. The fourth-order valence-corrected chi connectivity index (χ4v) is 0. The molecule has 6 heavy (non-hydrogen) atoms. The second kappa shape index (κ2) is 53.7. The monoisotopic (exact) mass is 280 g/mol. The van der Waals surface area contributed by atoms with Crippen LogP contribution in [0.4, 0.5) is 0 Å². The van der Waals surface area contributed by atoms with E-state index >= 15 is 0 Å².